The molecular formula is C25H28FN5O3S. The zero-order valence-corrected chi connectivity index (χ0v) is 20.5. The summed E-state index contributed by atoms with van der Waals surface area (Å²) in [5.41, 5.74) is 9.39. The van der Waals surface area contributed by atoms with Crippen molar-refractivity contribution in [3.63, 3.8) is 0 Å². The highest BCUT2D eigenvalue weighted by Crippen LogP contribution is 2.32. The number of aromatic nitrogens is 1. The van der Waals surface area contributed by atoms with Crippen molar-refractivity contribution < 1.29 is 18.7 Å². The van der Waals surface area contributed by atoms with Gasteiger partial charge in [0.25, 0.3) is 0 Å². The largest absolute Gasteiger partial charge is 0.463 e. The van der Waals surface area contributed by atoms with Crippen LogP contribution in [0.2, 0.25) is 0 Å². The van der Waals surface area contributed by atoms with Crippen molar-refractivity contribution in [3.05, 3.63) is 74.5 Å². The molecule has 1 amide bonds. The maximum absolute atomic E-state index is 14.5. The fourth-order valence-electron chi connectivity index (χ4n) is 4.30. The second-order valence-corrected chi connectivity index (χ2v) is 9.23. The number of esters is 1. The summed E-state index contributed by atoms with van der Waals surface area (Å²) in [4.78, 5) is 36.1. The Morgan fingerprint density at radius 3 is 3.03 bits per heavy atom. The summed E-state index contributed by atoms with van der Waals surface area (Å²) < 4.78 is 19.9. The van der Waals surface area contributed by atoms with Crippen LogP contribution in [0.1, 0.15) is 35.5 Å². The van der Waals surface area contributed by atoms with E-state index in [1.165, 1.54) is 17.4 Å². The van der Waals surface area contributed by atoms with E-state index in [4.69, 9.17) is 10.5 Å². The van der Waals surface area contributed by atoms with Gasteiger partial charge in [-0.05, 0) is 43.0 Å². The van der Waals surface area contributed by atoms with Crippen LogP contribution in [0.5, 0.6) is 0 Å². The summed E-state index contributed by atoms with van der Waals surface area (Å²) in [7, 11) is 0. The Labute approximate surface area is 207 Å². The first-order valence-corrected chi connectivity index (χ1v) is 12.3. The van der Waals surface area contributed by atoms with Crippen LogP contribution in [-0.4, -0.2) is 60.4 Å². The molecule has 3 heterocycles. The van der Waals surface area contributed by atoms with Gasteiger partial charge in [-0.1, -0.05) is 18.2 Å². The molecule has 0 fully saturated rings. The van der Waals surface area contributed by atoms with E-state index in [1.807, 2.05) is 0 Å². The second kappa shape index (κ2) is 10.9. The number of hydrogen-bond donors (Lipinski definition) is 2. The lowest BCUT2D eigenvalue weighted by atomic mass is 9.94. The zero-order chi connectivity index (χ0) is 24.9. The summed E-state index contributed by atoms with van der Waals surface area (Å²) in [6, 6.07) is 3.82. The molecule has 8 nitrogen and oxygen atoms in total. The number of nitrogens with zero attached hydrogens (tertiary/aromatic N) is 3. The molecule has 0 unspecified atom stereocenters. The molecule has 184 valence electrons. The second-order valence-electron chi connectivity index (χ2n) is 8.34. The van der Waals surface area contributed by atoms with Crippen LogP contribution in [0.15, 0.2) is 57.6 Å². The highest BCUT2D eigenvalue weighted by atomic mass is 32.1. The lowest BCUT2D eigenvalue weighted by Gasteiger charge is -2.27. The van der Waals surface area contributed by atoms with Gasteiger partial charge >= 0.3 is 5.97 Å². The van der Waals surface area contributed by atoms with E-state index in [0.717, 1.165) is 11.1 Å². The van der Waals surface area contributed by atoms with Crippen LogP contribution in [0.4, 0.5) is 4.39 Å². The number of rotatable bonds is 8. The van der Waals surface area contributed by atoms with Crippen molar-refractivity contribution in [3.8, 4) is 0 Å². The summed E-state index contributed by atoms with van der Waals surface area (Å²) in [5.74, 6) is -0.762. The van der Waals surface area contributed by atoms with Crippen LogP contribution < -0.4 is 11.1 Å². The average Bonchev–Trinajstić information content (AvgIpc) is 3.51. The van der Waals surface area contributed by atoms with Gasteiger partial charge in [0, 0.05) is 43.3 Å². The zero-order valence-electron chi connectivity index (χ0n) is 19.7. The summed E-state index contributed by atoms with van der Waals surface area (Å²) in [6.45, 7) is 5.88. The molecule has 3 N–H and O–H groups in total. The number of carbonyl (C=O) groups is 2. The number of nitrogens with two attached hydrogens (primary N) is 1. The number of amides is 1. The maximum atomic E-state index is 14.5. The molecule has 1 aromatic carbocycles. The Bertz CT molecular complexity index is 1210. The third-order valence-corrected chi connectivity index (χ3v) is 6.95. The first-order valence-electron chi connectivity index (χ1n) is 11.5. The Balaban J connectivity index is 1.71. The van der Waals surface area contributed by atoms with E-state index in [2.05, 4.69) is 20.2 Å². The summed E-state index contributed by atoms with van der Waals surface area (Å²) in [5, 5.41) is 5.16. The lowest BCUT2D eigenvalue weighted by molar-refractivity contribution is -0.138. The smallest absolute Gasteiger partial charge is 0.336 e. The molecule has 35 heavy (non-hydrogen) atoms. The minimum Gasteiger partial charge on any atom is -0.463 e. The van der Waals surface area contributed by atoms with Crippen LogP contribution in [0.25, 0.3) is 0 Å². The number of halogens is 1. The number of ether oxygens (including phenoxy) is 1. The van der Waals surface area contributed by atoms with Crippen molar-refractivity contribution in [2.75, 3.05) is 32.8 Å². The van der Waals surface area contributed by atoms with Crippen molar-refractivity contribution >= 4 is 29.0 Å². The number of nitrogens with one attached hydrogen (secondary N) is 1. The molecule has 10 heteroatoms. The van der Waals surface area contributed by atoms with Gasteiger partial charge < -0.3 is 15.8 Å². The normalized spacial score (nSPS) is 17.9. The number of thiazole rings is 1. The fraction of sp³-hybridized carbons (Fsp3) is 0.360. The van der Waals surface area contributed by atoms with Crippen LogP contribution in [0.3, 0.4) is 0 Å². The molecule has 2 aromatic rings. The van der Waals surface area contributed by atoms with Gasteiger partial charge in [-0.25, -0.2) is 14.2 Å². The molecule has 0 bridgehead atoms. The SMILES string of the molecule is CCOC(=O)/C(=C\CN1CCC2=C(CNC2=O)C1)[C@@H](N=C(N)c1nccs1)c1cccc(F)c1C. The minimum atomic E-state index is -0.872. The molecule has 1 atom stereocenters. The monoisotopic (exact) mass is 497 g/mol. The van der Waals surface area contributed by atoms with Gasteiger partial charge in [-0.3, -0.25) is 14.7 Å². The summed E-state index contributed by atoms with van der Waals surface area (Å²) in [6.07, 6.45) is 4.06. The van der Waals surface area contributed by atoms with E-state index in [-0.39, 0.29) is 23.9 Å². The number of benzene rings is 1. The number of aliphatic imine (C=N–C) groups is 1. The molecule has 0 radical (unpaired) electrons. The average molecular weight is 498 g/mol. The van der Waals surface area contributed by atoms with E-state index in [9.17, 15) is 14.0 Å². The van der Waals surface area contributed by atoms with Crippen molar-refractivity contribution in [2.24, 2.45) is 10.7 Å². The first-order chi connectivity index (χ1) is 16.9. The van der Waals surface area contributed by atoms with E-state index in [1.54, 1.807) is 43.6 Å². The highest BCUT2D eigenvalue weighted by Gasteiger charge is 2.30. The number of carbonyl (C=O) groups excluding carboxylic acids is 2. The van der Waals surface area contributed by atoms with Gasteiger partial charge in [0.15, 0.2) is 10.8 Å². The molecule has 1 aromatic heterocycles. The van der Waals surface area contributed by atoms with Gasteiger partial charge in [-0.15, -0.1) is 11.3 Å². The maximum Gasteiger partial charge on any atom is 0.336 e. The molecule has 0 spiro atoms. The van der Waals surface area contributed by atoms with Crippen LogP contribution in [0, 0.1) is 12.7 Å². The van der Waals surface area contributed by atoms with Crippen molar-refractivity contribution in [1.29, 1.82) is 0 Å². The molecule has 2 aliphatic heterocycles. The Kier molecular flexibility index (Phi) is 7.72. The van der Waals surface area contributed by atoms with Crippen LogP contribution in [-0.2, 0) is 14.3 Å². The van der Waals surface area contributed by atoms with Gasteiger partial charge in [0.05, 0.1) is 12.2 Å². The minimum absolute atomic E-state index is 0.0102. The molecule has 0 saturated heterocycles. The third-order valence-electron chi connectivity index (χ3n) is 6.15. The number of amidine groups is 1. The predicted octanol–water partition coefficient (Wildman–Crippen LogP) is 2.66. The van der Waals surface area contributed by atoms with E-state index in [0.29, 0.717) is 48.7 Å². The topological polar surface area (TPSA) is 110 Å². The molecule has 4 rings (SSSR count). The quantitative estimate of drug-likeness (QED) is 0.251. The van der Waals surface area contributed by atoms with Gasteiger partial charge in [0.2, 0.25) is 5.91 Å². The predicted molar refractivity (Wildman–Crippen MR) is 133 cm³/mol. The van der Waals surface area contributed by atoms with Crippen molar-refractivity contribution in [2.45, 2.75) is 26.3 Å². The van der Waals surface area contributed by atoms with E-state index >= 15 is 0 Å². The molecular weight excluding hydrogens is 469 g/mol. The Morgan fingerprint density at radius 2 is 2.29 bits per heavy atom. The number of hydrogen-bond acceptors (Lipinski definition) is 7. The Hall–Kier alpha value is -3.37. The van der Waals surface area contributed by atoms with Crippen LogP contribution >= 0.6 is 11.3 Å². The van der Waals surface area contributed by atoms with Gasteiger partial charge in [-0.2, -0.15) is 0 Å². The lowest BCUT2D eigenvalue weighted by Crippen LogP contribution is -2.32. The molecule has 0 saturated carbocycles. The van der Waals surface area contributed by atoms with Crippen molar-refractivity contribution in [1.82, 2.24) is 15.2 Å². The standard InChI is InChI=1S/C25H28FN5O3S/c1-3-34-25(33)19(8-11-31-10-7-18-16(14-31)13-29-23(18)32)21(17-5-4-6-20(26)15(17)2)30-22(27)24-28-9-12-35-24/h4-6,8-9,12,21H,3,7,10-11,13-14H2,1-2H3,(H2,27,30)(H,29,32)/b19-8-/t21-/m0/s1. The summed E-state index contributed by atoms with van der Waals surface area (Å²) >= 11 is 1.33. The Morgan fingerprint density at radius 1 is 1.46 bits per heavy atom. The first kappa shape index (κ1) is 24.7. The molecule has 2 aliphatic rings. The third kappa shape index (κ3) is 5.49. The highest BCUT2D eigenvalue weighted by molar-refractivity contribution is 7.11. The van der Waals surface area contributed by atoms with E-state index < -0.39 is 17.8 Å². The molecule has 0 aliphatic carbocycles. The van der Waals surface area contributed by atoms with Gasteiger partial charge in [0.1, 0.15) is 11.9 Å². The fourth-order valence-corrected chi connectivity index (χ4v) is 4.84.